The molecule has 0 unspecified atom stereocenters. The molecule has 7 heteroatoms. The van der Waals surface area contributed by atoms with Gasteiger partial charge >= 0.3 is 5.97 Å². The summed E-state index contributed by atoms with van der Waals surface area (Å²) in [5.41, 5.74) is 2.81. The first-order chi connectivity index (χ1) is 15.5. The lowest BCUT2D eigenvalue weighted by Gasteiger charge is -2.13. The number of hydrogen-bond acceptors (Lipinski definition) is 5. The molecular weight excluding hydrogens is 585 g/mol. The van der Waals surface area contributed by atoms with E-state index in [9.17, 15) is 4.79 Å². The molecule has 0 bridgehead atoms. The quantitative estimate of drug-likeness (QED) is 0.179. The second-order valence-electron chi connectivity index (χ2n) is 6.90. The van der Waals surface area contributed by atoms with Crippen LogP contribution in [0.3, 0.4) is 0 Å². The summed E-state index contributed by atoms with van der Waals surface area (Å²) in [6, 6.07) is 21.1. The maximum atomic E-state index is 12.3. The molecule has 3 aromatic rings. The van der Waals surface area contributed by atoms with Gasteiger partial charge in [-0.2, -0.15) is 0 Å². The fourth-order valence-electron chi connectivity index (χ4n) is 3.03. The average Bonchev–Trinajstić information content (AvgIpc) is 3.15. The van der Waals surface area contributed by atoms with Gasteiger partial charge in [0.25, 0.3) is 0 Å². The molecule has 0 radical (unpaired) electrons. The van der Waals surface area contributed by atoms with Crippen molar-refractivity contribution < 1.29 is 19.0 Å². The normalized spacial score (nSPS) is 14.3. The van der Waals surface area contributed by atoms with Gasteiger partial charge in [-0.15, -0.1) is 0 Å². The molecule has 162 valence electrons. The van der Waals surface area contributed by atoms with E-state index in [1.54, 1.807) is 6.08 Å². The highest BCUT2D eigenvalue weighted by atomic mass is 127. The number of ether oxygens (including phenoxy) is 3. The van der Waals surface area contributed by atoms with E-state index in [1.165, 1.54) is 3.57 Å². The van der Waals surface area contributed by atoms with Gasteiger partial charge in [-0.25, -0.2) is 9.79 Å². The van der Waals surface area contributed by atoms with E-state index < -0.39 is 5.97 Å². The van der Waals surface area contributed by atoms with Crippen LogP contribution in [0.2, 0.25) is 0 Å². The van der Waals surface area contributed by atoms with Crippen LogP contribution in [0, 0.1) is 3.57 Å². The molecule has 0 atom stereocenters. The minimum atomic E-state index is -0.486. The van der Waals surface area contributed by atoms with Gasteiger partial charge in [0, 0.05) is 13.6 Å². The Kier molecular flexibility index (Phi) is 7.26. The van der Waals surface area contributed by atoms with Crippen LogP contribution >= 0.6 is 38.5 Å². The van der Waals surface area contributed by atoms with E-state index in [0.717, 1.165) is 21.2 Å². The molecule has 0 amide bonds. The Bertz CT molecular complexity index is 1190. The summed E-state index contributed by atoms with van der Waals surface area (Å²) in [5.74, 6) is 1.05. The topological polar surface area (TPSA) is 57.1 Å². The first-order valence-corrected chi connectivity index (χ1v) is 11.8. The van der Waals surface area contributed by atoms with Crippen molar-refractivity contribution in [2.75, 3.05) is 6.61 Å². The molecule has 0 N–H and O–H groups in total. The van der Waals surface area contributed by atoms with Gasteiger partial charge in [-0.3, -0.25) is 0 Å². The summed E-state index contributed by atoms with van der Waals surface area (Å²) < 4.78 is 19.2. The number of hydrogen-bond donors (Lipinski definition) is 0. The van der Waals surface area contributed by atoms with E-state index in [2.05, 4.69) is 43.5 Å². The van der Waals surface area contributed by atoms with E-state index in [4.69, 9.17) is 14.2 Å². The highest BCUT2D eigenvalue weighted by molar-refractivity contribution is 14.1. The molecule has 0 fully saturated rings. The van der Waals surface area contributed by atoms with Gasteiger partial charge < -0.3 is 14.2 Å². The Morgan fingerprint density at radius 3 is 2.47 bits per heavy atom. The fraction of sp³-hybridized carbons (Fsp3) is 0.120. The second-order valence-corrected chi connectivity index (χ2v) is 9.06. The average molecular weight is 604 g/mol. The Hall–Kier alpha value is -2.65. The number of halogens is 2. The van der Waals surface area contributed by atoms with Gasteiger partial charge in [0.1, 0.15) is 6.61 Å². The summed E-state index contributed by atoms with van der Waals surface area (Å²) >= 11 is 5.67. The molecule has 4 rings (SSSR count). The zero-order valence-corrected chi connectivity index (χ0v) is 20.9. The Labute approximate surface area is 208 Å². The highest BCUT2D eigenvalue weighted by Gasteiger charge is 2.24. The summed E-state index contributed by atoms with van der Waals surface area (Å²) in [7, 11) is 0. The Balaban J connectivity index is 1.54. The van der Waals surface area contributed by atoms with Crippen LogP contribution in [0.5, 0.6) is 11.5 Å². The van der Waals surface area contributed by atoms with E-state index in [-0.39, 0.29) is 11.6 Å². The van der Waals surface area contributed by atoms with Crippen LogP contribution in [-0.4, -0.2) is 18.5 Å². The maximum absolute atomic E-state index is 12.3. The monoisotopic (exact) mass is 603 g/mol. The predicted octanol–water partition coefficient (Wildman–Crippen LogP) is 6.38. The molecular formula is C25H19BrINO4. The van der Waals surface area contributed by atoms with E-state index in [0.29, 0.717) is 24.7 Å². The number of nitrogens with zero attached hydrogens (tertiary/aromatic N) is 1. The number of carbonyl (C=O) groups is 1. The molecule has 0 saturated carbocycles. The highest BCUT2D eigenvalue weighted by Crippen LogP contribution is 2.31. The smallest absolute Gasteiger partial charge is 0.363 e. The van der Waals surface area contributed by atoms with Crippen LogP contribution in [-0.2, 0) is 16.1 Å². The predicted molar refractivity (Wildman–Crippen MR) is 136 cm³/mol. The molecule has 1 aliphatic rings. The summed E-state index contributed by atoms with van der Waals surface area (Å²) in [6.45, 7) is 2.84. The van der Waals surface area contributed by atoms with Crippen molar-refractivity contribution >= 4 is 56.5 Å². The van der Waals surface area contributed by atoms with Crippen LogP contribution in [0.4, 0.5) is 0 Å². The fourth-order valence-corrected chi connectivity index (χ4v) is 3.65. The van der Waals surface area contributed by atoms with Gasteiger partial charge in [0.05, 0.1) is 6.61 Å². The minimum Gasteiger partial charge on any atom is -0.490 e. The van der Waals surface area contributed by atoms with Crippen molar-refractivity contribution in [2.24, 2.45) is 4.99 Å². The molecule has 5 nitrogen and oxygen atoms in total. The van der Waals surface area contributed by atoms with E-state index >= 15 is 0 Å². The molecule has 32 heavy (non-hydrogen) atoms. The third-order valence-electron chi connectivity index (χ3n) is 4.59. The molecule has 3 aromatic carbocycles. The molecule has 0 saturated heterocycles. The van der Waals surface area contributed by atoms with Gasteiger partial charge in [0.15, 0.2) is 17.2 Å². The van der Waals surface area contributed by atoms with Crippen LogP contribution in [0.15, 0.2) is 81.9 Å². The van der Waals surface area contributed by atoms with Crippen molar-refractivity contribution in [1.29, 1.82) is 0 Å². The van der Waals surface area contributed by atoms with Crippen LogP contribution in [0.1, 0.15) is 23.6 Å². The van der Waals surface area contributed by atoms with Crippen molar-refractivity contribution in [2.45, 2.75) is 13.5 Å². The zero-order valence-electron chi connectivity index (χ0n) is 17.2. The number of aliphatic imine (C=N–C) groups is 1. The standard InChI is InChI=1S/C25H19BrINO4/c1-2-30-23-14-17(5-12-22(23)31-15-16-3-10-20(27)11-4-16)13-21-25(29)32-24(28-21)18-6-8-19(26)9-7-18/h3-14H,2,15H2,1H3/b21-13-. The lowest BCUT2D eigenvalue weighted by Crippen LogP contribution is -2.05. The van der Waals surface area contributed by atoms with Crippen molar-refractivity contribution in [3.63, 3.8) is 0 Å². The second kappa shape index (κ2) is 10.3. The molecule has 0 spiro atoms. The summed E-state index contributed by atoms with van der Waals surface area (Å²) in [4.78, 5) is 16.7. The number of rotatable bonds is 7. The van der Waals surface area contributed by atoms with Gasteiger partial charge in [-0.1, -0.05) is 34.1 Å². The molecule has 0 aliphatic carbocycles. The van der Waals surface area contributed by atoms with Crippen molar-refractivity contribution in [3.8, 4) is 11.5 Å². The SMILES string of the molecule is CCOc1cc(/C=C2\N=C(c3ccc(Br)cc3)OC2=O)ccc1OCc1ccc(I)cc1. The first-order valence-electron chi connectivity index (χ1n) is 9.94. The van der Waals surface area contributed by atoms with Crippen LogP contribution < -0.4 is 9.47 Å². The largest absolute Gasteiger partial charge is 0.490 e. The van der Waals surface area contributed by atoms with Crippen LogP contribution in [0.25, 0.3) is 6.08 Å². The molecule has 1 heterocycles. The summed E-state index contributed by atoms with van der Waals surface area (Å²) in [5, 5.41) is 0. The Morgan fingerprint density at radius 2 is 1.75 bits per heavy atom. The third kappa shape index (κ3) is 5.58. The first kappa shape index (κ1) is 22.5. The number of benzene rings is 3. The van der Waals surface area contributed by atoms with Crippen molar-refractivity contribution in [1.82, 2.24) is 0 Å². The van der Waals surface area contributed by atoms with Crippen molar-refractivity contribution in [3.05, 3.63) is 97.2 Å². The number of esters is 1. The molecule has 0 aromatic heterocycles. The lowest BCUT2D eigenvalue weighted by atomic mass is 10.1. The number of cyclic esters (lactones) is 1. The van der Waals surface area contributed by atoms with E-state index in [1.807, 2.05) is 73.7 Å². The minimum absolute atomic E-state index is 0.234. The Morgan fingerprint density at radius 1 is 1.00 bits per heavy atom. The van der Waals surface area contributed by atoms with Gasteiger partial charge in [0.2, 0.25) is 5.90 Å². The zero-order chi connectivity index (χ0) is 22.5. The number of carbonyl (C=O) groups excluding carboxylic acids is 1. The van der Waals surface area contributed by atoms with Gasteiger partial charge in [-0.05, 0) is 95.2 Å². The third-order valence-corrected chi connectivity index (χ3v) is 5.84. The molecule has 1 aliphatic heterocycles. The summed E-state index contributed by atoms with van der Waals surface area (Å²) in [6.07, 6.45) is 1.68. The maximum Gasteiger partial charge on any atom is 0.363 e. The lowest BCUT2D eigenvalue weighted by molar-refractivity contribution is -0.129.